The molecule has 0 radical (unpaired) electrons. The fourth-order valence-electron chi connectivity index (χ4n) is 1.59. The van der Waals surface area contributed by atoms with Gasteiger partial charge in [0.2, 0.25) is 0 Å². The highest BCUT2D eigenvalue weighted by Gasteiger charge is 1.95. The van der Waals surface area contributed by atoms with Crippen LogP contribution in [0, 0.1) is 0 Å². The minimum atomic E-state index is 0.696. The van der Waals surface area contributed by atoms with Crippen LogP contribution in [-0.2, 0) is 0 Å². The number of nitrogens with two attached hydrogens (primary N) is 1. The van der Waals surface area contributed by atoms with Crippen LogP contribution in [0.2, 0.25) is 0 Å². The molecule has 3 heteroatoms. The summed E-state index contributed by atoms with van der Waals surface area (Å²) in [6.45, 7) is 4.24. The van der Waals surface area contributed by atoms with E-state index in [-0.39, 0.29) is 0 Å². The van der Waals surface area contributed by atoms with Crippen molar-refractivity contribution in [1.82, 2.24) is 0 Å². The van der Waals surface area contributed by atoms with Crippen LogP contribution in [0.4, 0.5) is 0 Å². The fourth-order valence-corrected chi connectivity index (χ4v) is 1.59. The van der Waals surface area contributed by atoms with Crippen LogP contribution in [-0.4, -0.2) is 19.8 Å². The zero-order valence-corrected chi connectivity index (χ0v) is 10.7. The van der Waals surface area contributed by atoms with Crippen molar-refractivity contribution in [2.75, 3.05) is 19.8 Å². The van der Waals surface area contributed by atoms with Gasteiger partial charge in [-0.15, -0.1) is 0 Å². The van der Waals surface area contributed by atoms with Crippen LogP contribution >= 0.6 is 0 Å². The third-order valence-electron chi connectivity index (χ3n) is 2.50. The molecule has 96 valence electrons. The van der Waals surface area contributed by atoms with E-state index in [1.54, 1.807) is 0 Å². The summed E-state index contributed by atoms with van der Waals surface area (Å²) in [5.41, 5.74) is 5.43. The summed E-state index contributed by atoms with van der Waals surface area (Å²) >= 11 is 0. The van der Waals surface area contributed by atoms with Crippen LogP contribution in [0.3, 0.4) is 0 Å². The van der Waals surface area contributed by atoms with Crippen molar-refractivity contribution < 1.29 is 9.47 Å². The van der Waals surface area contributed by atoms with E-state index in [0.717, 1.165) is 37.5 Å². The first kappa shape index (κ1) is 13.8. The smallest absolute Gasteiger partial charge is 0.119 e. The number of rotatable bonds is 9. The average molecular weight is 237 g/mol. The van der Waals surface area contributed by atoms with Gasteiger partial charge in [-0.25, -0.2) is 0 Å². The average Bonchev–Trinajstić information content (AvgIpc) is 2.36. The van der Waals surface area contributed by atoms with Crippen molar-refractivity contribution in [3.63, 3.8) is 0 Å². The quantitative estimate of drug-likeness (QED) is 0.671. The van der Waals surface area contributed by atoms with E-state index in [2.05, 4.69) is 0 Å². The second kappa shape index (κ2) is 8.88. The molecule has 0 fully saturated rings. The largest absolute Gasteiger partial charge is 0.494 e. The summed E-state index contributed by atoms with van der Waals surface area (Å²) in [6.07, 6.45) is 4.59. The molecule has 0 atom stereocenters. The van der Waals surface area contributed by atoms with E-state index in [4.69, 9.17) is 15.2 Å². The third kappa shape index (κ3) is 6.17. The minimum Gasteiger partial charge on any atom is -0.494 e. The Labute approximate surface area is 104 Å². The van der Waals surface area contributed by atoms with Gasteiger partial charge >= 0.3 is 0 Å². The van der Waals surface area contributed by atoms with Gasteiger partial charge in [-0.3, -0.25) is 0 Å². The Morgan fingerprint density at radius 1 is 0.882 bits per heavy atom. The van der Waals surface area contributed by atoms with E-state index < -0.39 is 0 Å². The molecule has 2 N–H and O–H groups in total. The van der Waals surface area contributed by atoms with E-state index in [0.29, 0.717) is 6.61 Å². The van der Waals surface area contributed by atoms with Crippen molar-refractivity contribution in [1.29, 1.82) is 0 Å². The molecule has 17 heavy (non-hydrogen) atoms. The third-order valence-corrected chi connectivity index (χ3v) is 2.50. The molecule has 0 amide bonds. The lowest BCUT2D eigenvalue weighted by molar-refractivity contribution is 0.303. The van der Waals surface area contributed by atoms with Crippen molar-refractivity contribution >= 4 is 0 Å². The molecule has 0 aliphatic rings. The number of unbranched alkanes of at least 4 members (excludes halogenated alkanes) is 3. The van der Waals surface area contributed by atoms with Crippen LogP contribution < -0.4 is 15.2 Å². The van der Waals surface area contributed by atoms with Gasteiger partial charge < -0.3 is 15.2 Å². The molecule has 0 heterocycles. The molecule has 0 saturated heterocycles. The molecule has 3 nitrogen and oxygen atoms in total. The summed E-state index contributed by atoms with van der Waals surface area (Å²) in [7, 11) is 0. The van der Waals surface area contributed by atoms with Crippen molar-refractivity contribution in [3.8, 4) is 11.5 Å². The summed E-state index contributed by atoms with van der Waals surface area (Å²) in [4.78, 5) is 0. The lowest BCUT2D eigenvalue weighted by Gasteiger charge is -2.07. The Kier molecular flexibility index (Phi) is 7.23. The van der Waals surface area contributed by atoms with Gasteiger partial charge in [-0.2, -0.15) is 0 Å². The first-order valence-electron chi connectivity index (χ1n) is 6.42. The van der Waals surface area contributed by atoms with E-state index >= 15 is 0 Å². The Balaban J connectivity index is 2.14. The molecule has 0 spiro atoms. The van der Waals surface area contributed by atoms with Crippen molar-refractivity contribution in [2.24, 2.45) is 5.73 Å². The molecule has 1 aromatic carbocycles. The molecule has 1 rings (SSSR count). The maximum atomic E-state index is 5.63. The van der Waals surface area contributed by atoms with Crippen LogP contribution in [0.25, 0.3) is 0 Å². The van der Waals surface area contributed by atoms with Gasteiger partial charge in [0.05, 0.1) is 13.2 Å². The van der Waals surface area contributed by atoms with Gasteiger partial charge in [0.15, 0.2) is 0 Å². The highest BCUT2D eigenvalue weighted by Crippen LogP contribution is 2.17. The summed E-state index contributed by atoms with van der Waals surface area (Å²) in [5.74, 6) is 1.80. The van der Waals surface area contributed by atoms with E-state index in [1.165, 1.54) is 12.8 Å². The molecular formula is C14H23NO2. The van der Waals surface area contributed by atoms with Gasteiger partial charge in [-0.1, -0.05) is 12.8 Å². The number of hydrogen-bond acceptors (Lipinski definition) is 3. The summed E-state index contributed by atoms with van der Waals surface area (Å²) < 4.78 is 11.0. The Hall–Kier alpha value is -1.22. The number of benzene rings is 1. The first-order chi connectivity index (χ1) is 8.36. The SMILES string of the molecule is CCOc1ccc(OCCCCCCN)cc1. The lowest BCUT2D eigenvalue weighted by atomic mass is 10.2. The zero-order valence-electron chi connectivity index (χ0n) is 10.7. The highest BCUT2D eigenvalue weighted by atomic mass is 16.5. The summed E-state index contributed by atoms with van der Waals surface area (Å²) in [6, 6.07) is 7.77. The molecular weight excluding hydrogens is 214 g/mol. The Morgan fingerprint density at radius 2 is 1.47 bits per heavy atom. The molecule has 0 saturated carbocycles. The molecule has 0 aliphatic carbocycles. The van der Waals surface area contributed by atoms with E-state index in [1.807, 2.05) is 31.2 Å². The normalized spacial score (nSPS) is 10.2. The van der Waals surface area contributed by atoms with Crippen LogP contribution in [0.1, 0.15) is 32.6 Å². The number of ether oxygens (including phenoxy) is 2. The van der Waals surface area contributed by atoms with Gasteiger partial charge in [-0.05, 0) is 50.6 Å². The molecule has 1 aromatic rings. The molecule has 0 unspecified atom stereocenters. The monoisotopic (exact) mass is 237 g/mol. The predicted molar refractivity (Wildman–Crippen MR) is 70.6 cm³/mol. The zero-order chi connectivity index (χ0) is 12.3. The van der Waals surface area contributed by atoms with Crippen LogP contribution in [0.15, 0.2) is 24.3 Å². The fraction of sp³-hybridized carbons (Fsp3) is 0.571. The molecule has 0 bridgehead atoms. The predicted octanol–water partition coefficient (Wildman–Crippen LogP) is 2.98. The van der Waals surface area contributed by atoms with Gasteiger partial charge in [0.1, 0.15) is 11.5 Å². The lowest BCUT2D eigenvalue weighted by Crippen LogP contribution is -2.00. The van der Waals surface area contributed by atoms with E-state index in [9.17, 15) is 0 Å². The maximum Gasteiger partial charge on any atom is 0.119 e. The summed E-state index contributed by atoms with van der Waals surface area (Å²) in [5, 5.41) is 0. The second-order valence-electron chi connectivity index (χ2n) is 3.96. The first-order valence-corrected chi connectivity index (χ1v) is 6.42. The minimum absolute atomic E-state index is 0.696. The van der Waals surface area contributed by atoms with Gasteiger partial charge in [0.25, 0.3) is 0 Å². The molecule has 0 aliphatic heterocycles. The Morgan fingerprint density at radius 3 is 2.06 bits per heavy atom. The van der Waals surface area contributed by atoms with Crippen molar-refractivity contribution in [3.05, 3.63) is 24.3 Å². The Bertz CT molecular complexity index is 285. The maximum absolute atomic E-state index is 5.63. The number of hydrogen-bond donors (Lipinski definition) is 1. The second-order valence-corrected chi connectivity index (χ2v) is 3.96. The topological polar surface area (TPSA) is 44.5 Å². The van der Waals surface area contributed by atoms with Crippen molar-refractivity contribution in [2.45, 2.75) is 32.6 Å². The van der Waals surface area contributed by atoms with Crippen LogP contribution in [0.5, 0.6) is 11.5 Å². The standard InChI is InChI=1S/C14H23NO2/c1-2-16-13-7-9-14(10-8-13)17-12-6-4-3-5-11-15/h7-10H,2-6,11-12,15H2,1H3. The highest BCUT2D eigenvalue weighted by molar-refractivity contribution is 5.31. The molecule has 0 aromatic heterocycles. The van der Waals surface area contributed by atoms with Gasteiger partial charge in [0, 0.05) is 0 Å².